The van der Waals surface area contributed by atoms with Crippen molar-refractivity contribution in [2.24, 2.45) is 0 Å². The van der Waals surface area contributed by atoms with Gasteiger partial charge in [0.25, 0.3) is 0 Å². The number of thiophene rings is 1. The maximum Gasteiger partial charge on any atom is 0.240 e. The average Bonchev–Trinajstić information content (AvgIpc) is 3.10. The number of carbonyl (C=O) groups excluding carboxylic acids is 1. The first kappa shape index (κ1) is 14.6. The van der Waals surface area contributed by atoms with Gasteiger partial charge in [-0.05, 0) is 23.6 Å². The van der Waals surface area contributed by atoms with Crippen LogP contribution in [0.1, 0.15) is 0 Å². The summed E-state index contributed by atoms with van der Waals surface area (Å²) >= 11 is 7.06. The molecule has 3 aromatic heterocycles. The first-order valence-electron chi connectivity index (χ1n) is 6.46. The van der Waals surface area contributed by atoms with E-state index in [0.717, 1.165) is 4.88 Å². The molecule has 1 N–H and O–H groups in total. The lowest BCUT2D eigenvalue weighted by Crippen LogP contribution is -2.14. The molecule has 22 heavy (non-hydrogen) atoms. The van der Waals surface area contributed by atoms with E-state index >= 15 is 0 Å². The van der Waals surface area contributed by atoms with Gasteiger partial charge in [0.1, 0.15) is 11.7 Å². The molecule has 3 heterocycles. The van der Waals surface area contributed by atoms with Gasteiger partial charge < -0.3 is 5.32 Å². The smallest absolute Gasteiger partial charge is 0.240 e. The van der Waals surface area contributed by atoms with Crippen molar-refractivity contribution < 1.29 is 4.79 Å². The molecule has 110 valence electrons. The molecule has 0 aliphatic rings. The minimum atomic E-state index is -0.315. The number of hydrogen-bond acceptors (Lipinski definition) is 5. The normalized spacial score (nSPS) is 10.4. The van der Waals surface area contributed by atoms with E-state index in [4.69, 9.17) is 11.6 Å². The van der Waals surface area contributed by atoms with Crippen LogP contribution >= 0.6 is 22.9 Å². The number of carbonyl (C=O) groups is 1. The Kier molecular flexibility index (Phi) is 4.41. The van der Waals surface area contributed by atoms with Crippen molar-refractivity contribution in [2.45, 2.75) is 0 Å². The molecule has 0 aromatic carbocycles. The van der Waals surface area contributed by atoms with E-state index in [1.807, 2.05) is 35.7 Å². The lowest BCUT2D eigenvalue weighted by Gasteiger charge is -2.07. The van der Waals surface area contributed by atoms with Crippen LogP contribution in [0.25, 0.3) is 22.1 Å². The van der Waals surface area contributed by atoms with E-state index in [1.165, 1.54) is 11.3 Å². The van der Waals surface area contributed by atoms with E-state index in [1.54, 1.807) is 12.3 Å². The van der Waals surface area contributed by atoms with Crippen molar-refractivity contribution in [2.75, 3.05) is 11.2 Å². The molecule has 0 saturated carbocycles. The zero-order valence-electron chi connectivity index (χ0n) is 11.4. The highest BCUT2D eigenvalue weighted by Crippen LogP contribution is 2.26. The molecule has 0 atom stereocenters. The summed E-state index contributed by atoms with van der Waals surface area (Å²) in [4.78, 5) is 25.6. The Labute approximate surface area is 136 Å². The fourth-order valence-corrected chi connectivity index (χ4v) is 2.57. The quantitative estimate of drug-likeness (QED) is 0.744. The van der Waals surface area contributed by atoms with Gasteiger partial charge in [0.15, 0.2) is 5.82 Å². The van der Waals surface area contributed by atoms with Crippen molar-refractivity contribution in [3.63, 3.8) is 0 Å². The summed E-state index contributed by atoms with van der Waals surface area (Å²) in [5.41, 5.74) is 1.35. The van der Waals surface area contributed by atoms with E-state index in [9.17, 15) is 4.79 Å². The van der Waals surface area contributed by atoms with E-state index in [0.29, 0.717) is 23.0 Å². The van der Waals surface area contributed by atoms with Gasteiger partial charge in [-0.3, -0.25) is 9.78 Å². The average molecular weight is 331 g/mol. The molecule has 5 nitrogen and oxygen atoms in total. The van der Waals surface area contributed by atoms with E-state index in [-0.39, 0.29) is 11.8 Å². The van der Waals surface area contributed by atoms with Crippen LogP contribution < -0.4 is 5.32 Å². The molecule has 0 unspecified atom stereocenters. The summed E-state index contributed by atoms with van der Waals surface area (Å²) in [6.45, 7) is 0. The van der Waals surface area contributed by atoms with E-state index in [2.05, 4.69) is 20.3 Å². The molecule has 1 amide bonds. The minimum absolute atomic E-state index is 0.128. The summed E-state index contributed by atoms with van der Waals surface area (Å²) in [5, 5.41) is 4.61. The molecule has 7 heteroatoms. The Morgan fingerprint density at radius 3 is 2.77 bits per heavy atom. The Morgan fingerprint density at radius 2 is 2.09 bits per heavy atom. The third-order valence-electron chi connectivity index (χ3n) is 2.78. The van der Waals surface area contributed by atoms with Crippen molar-refractivity contribution in [3.05, 3.63) is 48.0 Å². The second kappa shape index (κ2) is 6.64. The fraction of sp³-hybridized carbons (Fsp3) is 0.0667. The summed E-state index contributed by atoms with van der Waals surface area (Å²) < 4.78 is 0. The van der Waals surface area contributed by atoms with Gasteiger partial charge in [-0.2, -0.15) is 0 Å². The van der Waals surface area contributed by atoms with Crippen LogP contribution in [0.3, 0.4) is 0 Å². The van der Waals surface area contributed by atoms with Crippen LogP contribution in [-0.4, -0.2) is 26.7 Å². The number of amides is 1. The Morgan fingerprint density at radius 1 is 1.18 bits per heavy atom. The lowest BCUT2D eigenvalue weighted by atomic mass is 10.2. The number of rotatable bonds is 4. The maximum absolute atomic E-state index is 11.5. The maximum atomic E-state index is 11.5. The number of nitrogens with zero attached hydrogens (tertiary/aromatic N) is 3. The molecule has 0 aliphatic heterocycles. The summed E-state index contributed by atoms with van der Waals surface area (Å²) in [6.07, 6.45) is 1.69. The molecule has 0 bridgehead atoms. The molecular formula is C15H11ClN4OS. The molecule has 0 aliphatic carbocycles. The molecule has 0 spiro atoms. The first-order chi connectivity index (χ1) is 10.8. The Bertz CT molecular complexity index is 778. The number of nitrogens with one attached hydrogen (secondary N) is 1. The van der Waals surface area contributed by atoms with Gasteiger partial charge in [0, 0.05) is 12.3 Å². The third-order valence-corrected chi connectivity index (χ3v) is 3.89. The topological polar surface area (TPSA) is 67.8 Å². The van der Waals surface area contributed by atoms with Crippen molar-refractivity contribution >= 4 is 34.7 Å². The van der Waals surface area contributed by atoms with E-state index < -0.39 is 0 Å². The van der Waals surface area contributed by atoms with Crippen LogP contribution in [0.15, 0.2) is 48.0 Å². The van der Waals surface area contributed by atoms with Crippen LogP contribution in [0.2, 0.25) is 0 Å². The largest absolute Gasteiger partial charge is 0.310 e. The molecule has 3 aromatic rings. The van der Waals surface area contributed by atoms with Gasteiger partial charge in [-0.25, -0.2) is 9.97 Å². The van der Waals surface area contributed by atoms with Gasteiger partial charge in [0.2, 0.25) is 5.91 Å². The number of aromatic nitrogens is 3. The standard InChI is InChI=1S/C15H11ClN4OS/c16-9-14(21)19-13-8-11(10-4-1-2-6-17-10)18-15(20-13)12-5-3-7-22-12/h1-8H,9H2,(H,18,19,20,21). The number of hydrogen-bond donors (Lipinski definition) is 1. The SMILES string of the molecule is O=C(CCl)Nc1cc(-c2ccccn2)nc(-c2cccs2)n1. The molecule has 0 radical (unpaired) electrons. The van der Waals surface area contributed by atoms with Crippen molar-refractivity contribution in [1.82, 2.24) is 15.0 Å². The number of pyridine rings is 1. The highest BCUT2D eigenvalue weighted by Gasteiger charge is 2.11. The van der Waals surface area contributed by atoms with Crippen molar-refractivity contribution in [3.8, 4) is 22.1 Å². The Hall–Kier alpha value is -2.31. The zero-order valence-corrected chi connectivity index (χ0v) is 12.9. The predicted molar refractivity (Wildman–Crippen MR) is 87.9 cm³/mol. The molecular weight excluding hydrogens is 320 g/mol. The monoisotopic (exact) mass is 330 g/mol. The summed E-state index contributed by atoms with van der Waals surface area (Å²) in [6, 6.07) is 11.1. The van der Waals surface area contributed by atoms with Crippen LogP contribution in [0, 0.1) is 0 Å². The first-order valence-corrected chi connectivity index (χ1v) is 7.88. The second-order valence-corrected chi connectivity index (χ2v) is 5.55. The predicted octanol–water partition coefficient (Wildman–Crippen LogP) is 3.44. The summed E-state index contributed by atoms with van der Waals surface area (Å²) in [7, 11) is 0. The highest BCUT2D eigenvalue weighted by atomic mass is 35.5. The lowest BCUT2D eigenvalue weighted by molar-refractivity contribution is -0.113. The minimum Gasteiger partial charge on any atom is -0.310 e. The van der Waals surface area contributed by atoms with Crippen LogP contribution in [0.5, 0.6) is 0 Å². The fourth-order valence-electron chi connectivity index (χ4n) is 1.85. The molecule has 0 saturated heterocycles. The van der Waals surface area contributed by atoms with Crippen LogP contribution in [0.4, 0.5) is 5.82 Å². The van der Waals surface area contributed by atoms with Gasteiger partial charge in [-0.15, -0.1) is 22.9 Å². The highest BCUT2D eigenvalue weighted by molar-refractivity contribution is 7.13. The third kappa shape index (κ3) is 3.29. The van der Waals surface area contributed by atoms with Gasteiger partial charge in [0.05, 0.1) is 16.3 Å². The number of halogens is 1. The number of alkyl halides is 1. The molecule has 3 rings (SSSR count). The van der Waals surface area contributed by atoms with Gasteiger partial charge in [-0.1, -0.05) is 12.1 Å². The van der Waals surface area contributed by atoms with Crippen LogP contribution in [-0.2, 0) is 4.79 Å². The van der Waals surface area contributed by atoms with Crippen molar-refractivity contribution in [1.29, 1.82) is 0 Å². The zero-order chi connectivity index (χ0) is 15.4. The second-order valence-electron chi connectivity index (χ2n) is 4.34. The summed E-state index contributed by atoms with van der Waals surface area (Å²) in [5.74, 6) is 0.509. The molecule has 0 fully saturated rings. The van der Waals surface area contributed by atoms with Gasteiger partial charge >= 0.3 is 0 Å². The Balaban J connectivity index is 2.07. The number of anilines is 1.